The summed E-state index contributed by atoms with van der Waals surface area (Å²) >= 11 is 2.01. The molecule has 1 saturated heterocycles. The molecule has 0 radical (unpaired) electrons. The van der Waals surface area contributed by atoms with E-state index >= 15 is 0 Å². The summed E-state index contributed by atoms with van der Waals surface area (Å²) in [5, 5.41) is 4.12. The molecule has 0 aromatic carbocycles. The number of imide groups is 1. The molecule has 4 nitrogen and oxygen atoms in total. The molecule has 0 aromatic rings. The predicted octanol–water partition coefficient (Wildman–Crippen LogP) is 1.79. The molecule has 108 valence electrons. The molecule has 0 aromatic heterocycles. The fourth-order valence-corrected chi connectivity index (χ4v) is 4.23. The molecule has 5 heteroatoms. The van der Waals surface area contributed by atoms with Crippen molar-refractivity contribution in [2.24, 2.45) is 0 Å². The Labute approximate surface area is 119 Å². The Balaban J connectivity index is 1.88. The highest BCUT2D eigenvalue weighted by atomic mass is 32.2. The number of carbonyl (C=O) groups excluding carboxylic acids is 2. The number of carbonyl (C=O) groups is 2. The van der Waals surface area contributed by atoms with E-state index in [2.05, 4.69) is 12.2 Å². The van der Waals surface area contributed by atoms with Gasteiger partial charge in [0, 0.05) is 17.3 Å². The fraction of sp³-hybridized carbons (Fsp3) is 0.857. The third-order valence-electron chi connectivity index (χ3n) is 3.92. The molecule has 0 spiro atoms. The van der Waals surface area contributed by atoms with Crippen molar-refractivity contribution in [3.63, 3.8) is 0 Å². The molecule has 3 unspecified atom stereocenters. The van der Waals surface area contributed by atoms with Gasteiger partial charge in [0.2, 0.25) is 11.8 Å². The van der Waals surface area contributed by atoms with Crippen LogP contribution in [0.1, 0.15) is 46.5 Å². The minimum absolute atomic E-state index is 0.0289. The van der Waals surface area contributed by atoms with Gasteiger partial charge in [-0.05, 0) is 38.9 Å². The van der Waals surface area contributed by atoms with E-state index in [0.29, 0.717) is 12.5 Å². The van der Waals surface area contributed by atoms with Gasteiger partial charge >= 0.3 is 0 Å². The van der Waals surface area contributed by atoms with Crippen molar-refractivity contribution < 1.29 is 9.59 Å². The number of hydrogen-bond acceptors (Lipinski definition) is 4. The zero-order valence-corrected chi connectivity index (χ0v) is 12.8. The standard InChI is InChI=1S/C14H24N2O2S/c1-4-19-11-6-5-10(7-11)15-12-8-13(17)16(9(2)3)14(12)18/h9-12,15H,4-8H2,1-3H3. The Kier molecular flexibility index (Phi) is 4.90. The highest BCUT2D eigenvalue weighted by Crippen LogP contribution is 2.30. The first-order valence-corrected chi connectivity index (χ1v) is 8.31. The quantitative estimate of drug-likeness (QED) is 0.782. The van der Waals surface area contributed by atoms with Gasteiger partial charge in [0.05, 0.1) is 12.5 Å². The van der Waals surface area contributed by atoms with Gasteiger partial charge in [0.15, 0.2) is 0 Å². The summed E-state index contributed by atoms with van der Waals surface area (Å²) in [5.41, 5.74) is 0. The van der Waals surface area contributed by atoms with Gasteiger partial charge in [-0.15, -0.1) is 0 Å². The number of thioether (sulfide) groups is 1. The number of amides is 2. The van der Waals surface area contributed by atoms with Crippen LogP contribution in [0.5, 0.6) is 0 Å². The normalized spacial score (nSPS) is 31.8. The second-order valence-corrected chi connectivity index (χ2v) is 7.28. The lowest BCUT2D eigenvalue weighted by molar-refractivity contribution is -0.140. The van der Waals surface area contributed by atoms with Gasteiger partial charge in [-0.25, -0.2) is 0 Å². The van der Waals surface area contributed by atoms with Crippen LogP contribution in [-0.2, 0) is 9.59 Å². The lowest BCUT2D eigenvalue weighted by Gasteiger charge is -2.21. The number of rotatable bonds is 5. The van der Waals surface area contributed by atoms with Gasteiger partial charge < -0.3 is 5.32 Å². The number of likely N-dealkylation sites (tertiary alicyclic amines) is 1. The van der Waals surface area contributed by atoms with Gasteiger partial charge in [-0.3, -0.25) is 14.5 Å². The zero-order chi connectivity index (χ0) is 14.0. The van der Waals surface area contributed by atoms with Crippen molar-refractivity contribution >= 4 is 23.6 Å². The van der Waals surface area contributed by atoms with Gasteiger partial charge in [-0.1, -0.05) is 6.92 Å². The second kappa shape index (κ2) is 6.27. The Morgan fingerprint density at radius 3 is 2.68 bits per heavy atom. The topological polar surface area (TPSA) is 49.4 Å². The Bertz CT molecular complexity index is 359. The van der Waals surface area contributed by atoms with E-state index in [1.54, 1.807) is 0 Å². The number of nitrogens with zero attached hydrogens (tertiary/aromatic N) is 1. The van der Waals surface area contributed by atoms with Crippen LogP contribution in [0.3, 0.4) is 0 Å². The maximum Gasteiger partial charge on any atom is 0.247 e. The zero-order valence-electron chi connectivity index (χ0n) is 12.0. The molecular formula is C14H24N2O2S. The van der Waals surface area contributed by atoms with Gasteiger partial charge in [0.25, 0.3) is 0 Å². The van der Waals surface area contributed by atoms with E-state index in [4.69, 9.17) is 0 Å². The molecule has 19 heavy (non-hydrogen) atoms. The van der Waals surface area contributed by atoms with Gasteiger partial charge in [0.1, 0.15) is 0 Å². The van der Waals surface area contributed by atoms with E-state index in [0.717, 1.165) is 23.8 Å². The minimum Gasteiger partial charge on any atom is -0.303 e. The molecule has 1 saturated carbocycles. The minimum atomic E-state index is -0.287. The number of nitrogens with one attached hydrogen (secondary N) is 1. The van der Waals surface area contributed by atoms with E-state index in [-0.39, 0.29) is 23.9 Å². The van der Waals surface area contributed by atoms with Crippen LogP contribution in [0, 0.1) is 0 Å². The second-order valence-electron chi connectivity index (χ2n) is 5.71. The smallest absolute Gasteiger partial charge is 0.247 e. The highest BCUT2D eigenvalue weighted by Gasteiger charge is 2.41. The molecule has 2 aliphatic rings. The molecule has 2 rings (SSSR count). The molecule has 1 heterocycles. The van der Waals surface area contributed by atoms with Crippen molar-refractivity contribution in [1.82, 2.24) is 10.2 Å². The van der Waals surface area contributed by atoms with E-state index in [9.17, 15) is 9.59 Å². The Morgan fingerprint density at radius 2 is 2.11 bits per heavy atom. The first kappa shape index (κ1) is 14.9. The van der Waals surface area contributed by atoms with Gasteiger partial charge in [-0.2, -0.15) is 11.8 Å². The monoisotopic (exact) mass is 284 g/mol. The molecule has 3 atom stereocenters. The predicted molar refractivity (Wildman–Crippen MR) is 78.1 cm³/mol. The van der Waals surface area contributed by atoms with Crippen LogP contribution < -0.4 is 5.32 Å². The lowest BCUT2D eigenvalue weighted by atomic mass is 10.2. The lowest BCUT2D eigenvalue weighted by Crippen LogP contribution is -2.44. The summed E-state index contributed by atoms with van der Waals surface area (Å²) in [7, 11) is 0. The molecule has 1 N–H and O–H groups in total. The SMILES string of the molecule is CCSC1CCC(NC2CC(=O)N(C(C)C)C2=O)C1. The maximum atomic E-state index is 12.2. The summed E-state index contributed by atoms with van der Waals surface area (Å²) in [6.45, 7) is 5.97. The largest absolute Gasteiger partial charge is 0.303 e. The fourth-order valence-electron chi connectivity index (χ4n) is 3.09. The third-order valence-corrected chi connectivity index (χ3v) is 5.16. The van der Waals surface area contributed by atoms with Crippen molar-refractivity contribution in [2.45, 2.75) is 69.8 Å². The molecule has 2 fully saturated rings. The summed E-state index contributed by atoms with van der Waals surface area (Å²) in [6, 6.07) is 0.0852. The van der Waals surface area contributed by atoms with Crippen LogP contribution in [0.25, 0.3) is 0 Å². The van der Waals surface area contributed by atoms with Crippen molar-refractivity contribution in [1.29, 1.82) is 0 Å². The van der Waals surface area contributed by atoms with Crippen LogP contribution >= 0.6 is 11.8 Å². The average molecular weight is 284 g/mol. The first-order chi connectivity index (χ1) is 9.02. The molecule has 2 amide bonds. The first-order valence-electron chi connectivity index (χ1n) is 7.26. The van der Waals surface area contributed by atoms with E-state index < -0.39 is 0 Å². The third kappa shape index (κ3) is 3.31. The van der Waals surface area contributed by atoms with Crippen LogP contribution in [0.4, 0.5) is 0 Å². The van der Waals surface area contributed by atoms with Crippen LogP contribution in [0.15, 0.2) is 0 Å². The van der Waals surface area contributed by atoms with Crippen LogP contribution in [-0.4, -0.2) is 45.8 Å². The Hall–Kier alpha value is -0.550. The Morgan fingerprint density at radius 1 is 1.37 bits per heavy atom. The summed E-state index contributed by atoms with van der Waals surface area (Å²) in [4.78, 5) is 25.4. The summed E-state index contributed by atoms with van der Waals surface area (Å²) in [5.74, 6) is 1.08. The average Bonchev–Trinajstić information content (AvgIpc) is 2.86. The molecule has 1 aliphatic carbocycles. The number of hydrogen-bond donors (Lipinski definition) is 1. The summed E-state index contributed by atoms with van der Waals surface area (Å²) in [6.07, 6.45) is 3.80. The van der Waals surface area contributed by atoms with Crippen molar-refractivity contribution in [3.05, 3.63) is 0 Å². The molecule has 0 bridgehead atoms. The van der Waals surface area contributed by atoms with Crippen molar-refractivity contribution in [2.75, 3.05) is 5.75 Å². The molecule has 1 aliphatic heterocycles. The molecular weight excluding hydrogens is 260 g/mol. The van der Waals surface area contributed by atoms with E-state index in [1.807, 2.05) is 25.6 Å². The summed E-state index contributed by atoms with van der Waals surface area (Å²) < 4.78 is 0. The van der Waals surface area contributed by atoms with E-state index in [1.165, 1.54) is 11.3 Å². The highest BCUT2D eigenvalue weighted by molar-refractivity contribution is 7.99. The van der Waals surface area contributed by atoms with Crippen LogP contribution in [0.2, 0.25) is 0 Å². The maximum absolute atomic E-state index is 12.2. The van der Waals surface area contributed by atoms with Crippen molar-refractivity contribution in [3.8, 4) is 0 Å².